The zero-order chi connectivity index (χ0) is 21.3. The van der Waals surface area contributed by atoms with Crippen LogP contribution in [0.4, 0.5) is 0 Å². The fraction of sp³-hybridized carbons (Fsp3) is 0.963. The van der Waals surface area contributed by atoms with Crippen LogP contribution in [0.3, 0.4) is 0 Å². The smallest absolute Gasteiger partial charge is 0.0582 e. The van der Waals surface area contributed by atoms with E-state index in [4.69, 9.17) is 4.99 Å². The standard InChI is InChI=1S/C27H45NO2/c1-16-5-8-23(28-15-16)17(2)25-24(30)14-22-20-7-6-18-13-19(29)9-11-26(18,3)21(20)10-12-27(22,25)4/h16-22,24-25,29-30H,5-15H2,1-4H3/t16-,17+,18-,19-,20+,21-,22-,24+,25?,26-,27-/m0/s1. The monoisotopic (exact) mass is 415 g/mol. The molecule has 0 radical (unpaired) electrons. The van der Waals surface area contributed by atoms with Crippen LogP contribution in [0.5, 0.6) is 0 Å². The third-order valence-corrected chi connectivity index (χ3v) is 11.3. The van der Waals surface area contributed by atoms with Crippen LogP contribution in [0.15, 0.2) is 4.99 Å². The van der Waals surface area contributed by atoms with Crippen molar-refractivity contribution in [2.45, 2.75) is 104 Å². The SMILES string of the molecule is C[C@H]1CCC([C@@H](C)C2[C@H](O)C[C@H]3[C@@H]4CC[C@H]5C[C@@H](O)CC[C@]5(C)[C@H]4CC[C@]23C)=NC1. The highest BCUT2D eigenvalue weighted by Crippen LogP contribution is 2.68. The van der Waals surface area contributed by atoms with Gasteiger partial charge in [0.1, 0.15) is 0 Å². The Morgan fingerprint density at radius 2 is 1.70 bits per heavy atom. The van der Waals surface area contributed by atoms with Gasteiger partial charge in [0.15, 0.2) is 0 Å². The third kappa shape index (κ3) is 3.16. The summed E-state index contributed by atoms with van der Waals surface area (Å²) >= 11 is 0. The van der Waals surface area contributed by atoms with Gasteiger partial charge in [-0.2, -0.15) is 0 Å². The molecule has 3 nitrogen and oxygen atoms in total. The molecule has 4 fully saturated rings. The zero-order valence-corrected chi connectivity index (χ0v) is 19.8. The van der Waals surface area contributed by atoms with E-state index in [0.29, 0.717) is 29.1 Å². The topological polar surface area (TPSA) is 52.8 Å². The van der Waals surface area contributed by atoms with Gasteiger partial charge in [-0.3, -0.25) is 4.99 Å². The van der Waals surface area contributed by atoms with Crippen LogP contribution in [-0.2, 0) is 0 Å². The highest BCUT2D eigenvalue weighted by molar-refractivity contribution is 5.87. The highest BCUT2D eigenvalue weighted by Gasteiger charge is 2.63. The van der Waals surface area contributed by atoms with Crippen LogP contribution in [0.1, 0.15) is 91.9 Å². The molecule has 1 heterocycles. The molecule has 4 aliphatic carbocycles. The van der Waals surface area contributed by atoms with E-state index in [-0.39, 0.29) is 17.6 Å². The molecule has 0 aromatic carbocycles. The Kier molecular flexibility index (Phi) is 5.41. The summed E-state index contributed by atoms with van der Waals surface area (Å²) in [5, 5.41) is 21.6. The van der Waals surface area contributed by atoms with Gasteiger partial charge in [-0.05, 0) is 116 Å². The predicted molar refractivity (Wildman–Crippen MR) is 122 cm³/mol. The summed E-state index contributed by atoms with van der Waals surface area (Å²) in [6, 6.07) is 0. The number of aliphatic hydroxyl groups is 2. The molecule has 30 heavy (non-hydrogen) atoms. The van der Waals surface area contributed by atoms with Crippen LogP contribution < -0.4 is 0 Å². The van der Waals surface area contributed by atoms with E-state index in [1.807, 2.05) is 0 Å². The molecule has 5 rings (SSSR count). The lowest BCUT2D eigenvalue weighted by Crippen LogP contribution is -2.54. The Hall–Kier alpha value is -0.410. The number of hydrogen-bond acceptors (Lipinski definition) is 3. The molecule has 0 aromatic heterocycles. The molecular formula is C27H45NO2. The van der Waals surface area contributed by atoms with Gasteiger partial charge in [0.25, 0.3) is 0 Å². The molecule has 0 saturated heterocycles. The quantitative estimate of drug-likeness (QED) is 0.627. The number of aliphatic hydroxyl groups excluding tert-OH is 2. The predicted octanol–water partition coefficient (Wildman–Crippen LogP) is 5.48. The van der Waals surface area contributed by atoms with E-state index < -0.39 is 0 Å². The first kappa shape index (κ1) is 21.4. The van der Waals surface area contributed by atoms with Gasteiger partial charge >= 0.3 is 0 Å². The van der Waals surface area contributed by atoms with Gasteiger partial charge in [-0.25, -0.2) is 0 Å². The fourth-order valence-corrected chi connectivity index (χ4v) is 9.61. The Bertz CT molecular complexity index is 690. The molecule has 0 spiro atoms. The normalized spacial score (nSPS) is 54.5. The number of hydrogen-bond donors (Lipinski definition) is 2. The first-order chi connectivity index (χ1) is 14.2. The van der Waals surface area contributed by atoms with Crippen molar-refractivity contribution < 1.29 is 10.2 Å². The average Bonchev–Trinajstić information content (AvgIpc) is 2.98. The van der Waals surface area contributed by atoms with Crippen molar-refractivity contribution in [2.75, 3.05) is 6.54 Å². The minimum absolute atomic E-state index is 0.0639. The summed E-state index contributed by atoms with van der Waals surface area (Å²) in [6.07, 6.45) is 11.7. The first-order valence-corrected chi connectivity index (χ1v) is 13.1. The first-order valence-electron chi connectivity index (χ1n) is 13.1. The van der Waals surface area contributed by atoms with E-state index in [1.165, 1.54) is 44.2 Å². The van der Waals surface area contributed by atoms with E-state index in [9.17, 15) is 10.2 Å². The lowest BCUT2D eigenvalue weighted by molar-refractivity contribution is -0.128. The summed E-state index contributed by atoms with van der Waals surface area (Å²) in [6.45, 7) is 10.8. The Morgan fingerprint density at radius 1 is 0.933 bits per heavy atom. The molecule has 0 amide bonds. The Morgan fingerprint density at radius 3 is 2.43 bits per heavy atom. The Balaban J connectivity index is 1.39. The molecular weight excluding hydrogens is 370 g/mol. The van der Waals surface area contributed by atoms with Crippen LogP contribution in [0, 0.1) is 52.3 Å². The molecule has 1 unspecified atom stereocenters. The van der Waals surface area contributed by atoms with Crippen molar-refractivity contribution in [2.24, 2.45) is 57.2 Å². The van der Waals surface area contributed by atoms with E-state index in [2.05, 4.69) is 27.7 Å². The van der Waals surface area contributed by atoms with Gasteiger partial charge in [-0.1, -0.05) is 27.7 Å². The lowest BCUT2D eigenvalue weighted by atomic mass is 9.44. The van der Waals surface area contributed by atoms with Crippen molar-refractivity contribution >= 4 is 5.71 Å². The average molecular weight is 416 g/mol. The molecule has 0 aromatic rings. The van der Waals surface area contributed by atoms with Crippen LogP contribution in [0.25, 0.3) is 0 Å². The van der Waals surface area contributed by atoms with Crippen molar-refractivity contribution in [3.8, 4) is 0 Å². The summed E-state index contributed by atoms with van der Waals surface area (Å²) in [7, 11) is 0. The van der Waals surface area contributed by atoms with Crippen LogP contribution in [-0.4, -0.2) is 34.7 Å². The van der Waals surface area contributed by atoms with Gasteiger partial charge in [0.05, 0.1) is 12.2 Å². The molecule has 0 bridgehead atoms. The summed E-state index contributed by atoms with van der Waals surface area (Å²) in [4.78, 5) is 4.99. The molecule has 5 aliphatic rings. The molecule has 1 aliphatic heterocycles. The van der Waals surface area contributed by atoms with E-state index >= 15 is 0 Å². The molecule has 4 saturated carbocycles. The molecule has 170 valence electrons. The molecule has 3 heteroatoms. The summed E-state index contributed by atoms with van der Waals surface area (Å²) < 4.78 is 0. The van der Waals surface area contributed by atoms with Crippen molar-refractivity contribution in [3.63, 3.8) is 0 Å². The molecule has 11 atom stereocenters. The van der Waals surface area contributed by atoms with Crippen LogP contribution >= 0.6 is 0 Å². The largest absolute Gasteiger partial charge is 0.393 e. The zero-order valence-electron chi connectivity index (χ0n) is 19.8. The maximum absolute atomic E-state index is 11.4. The number of rotatable bonds is 2. The Labute approximate surface area is 184 Å². The summed E-state index contributed by atoms with van der Waals surface area (Å²) in [5.74, 6) is 4.50. The third-order valence-electron chi connectivity index (χ3n) is 11.3. The van der Waals surface area contributed by atoms with Crippen molar-refractivity contribution in [3.05, 3.63) is 0 Å². The second kappa shape index (κ2) is 7.58. The van der Waals surface area contributed by atoms with Gasteiger partial charge in [0, 0.05) is 12.3 Å². The molecule has 2 N–H and O–H groups in total. The minimum atomic E-state index is -0.158. The van der Waals surface area contributed by atoms with Gasteiger partial charge < -0.3 is 10.2 Å². The maximum Gasteiger partial charge on any atom is 0.0582 e. The maximum atomic E-state index is 11.4. The number of nitrogens with zero attached hydrogens (tertiary/aromatic N) is 1. The summed E-state index contributed by atoms with van der Waals surface area (Å²) in [5.41, 5.74) is 2.09. The second-order valence-corrected chi connectivity index (χ2v) is 12.7. The minimum Gasteiger partial charge on any atom is -0.393 e. The highest BCUT2D eigenvalue weighted by atomic mass is 16.3. The van der Waals surface area contributed by atoms with Gasteiger partial charge in [0.2, 0.25) is 0 Å². The van der Waals surface area contributed by atoms with Crippen molar-refractivity contribution in [1.82, 2.24) is 0 Å². The van der Waals surface area contributed by atoms with E-state index in [0.717, 1.165) is 50.0 Å². The van der Waals surface area contributed by atoms with Gasteiger partial charge in [-0.15, -0.1) is 0 Å². The number of aliphatic imine (C=N–C) groups is 1. The lowest BCUT2D eigenvalue weighted by Gasteiger charge is -2.61. The van der Waals surface area contributed by atoms with E-state index in [1.54, 1.807) is 0 Å². The fourth-order valence-electron chi connectivity index (χ4n) is 9.61. The van der Waals surface area contributed by atoms with Crippen molar-refractivity contribution in [1.29, 1.82) is 0 Å². The van der Waals surface area contributed by atoms with Crippen LogP contribution in [0.2, 0.25) is 0 Å². The number of fused-ring (bicyclic) bond motifs is 5. The second-order valence-electron chi connectivity index (χ2n) is 12.7.